The van der Waals surface area contributed by atoms with E-state index in [1.165, 1.54) is 0 Å². The minimum Gasteiger partial charge on any atom is -0.496 e. The van der Waals surface area contributed by atoms with E-state index in [1.54, 1.807) is 31.1 Å². The Hall–Kier alpha value is -1.68. The molecule has 2 rings (SSSR count). The lowest BCUT2D eigenvalue weighted by Gasteiger charge is -2.09. The van der Waals surface area contributed by atoms with E-state index in [9.17, 15) is 0 Å². The van der Waals surface area contributed by atoms with Crippen LogP contribution in [0.15, 0.2) is 24.4 Å². The molecule has 0 aliphatic heterocycles. The number of nitrogens with zero attached hydrogens (tertiary/aromatic N) is 2. The van der Waals surface area contributed by atoms with E-state index in [-0.39, 0.29) is 0 Å². The summed E-state index contributed by atoms with van der Waals surface area (Å²) in [4.78, 5) is 0. The van der Waals surface area contributed by atoms with Gasteiger partial charge >= 0.3 is 0 Å². The largest absolute Gasteiger partial charge is 0.496 e. The van der Waals surface area contributed by atoms with E-state index < -0.39 is 0 Å². The monoisotopic (exact) mass is 237 g/mol. The first-order chi connectivity index (χ1) is 7.65. The van der Waals surface area contributed by atoms with Crippen LogP contribution in [0.1, 0.15) is 0 Å². The highest BCUT2D eigenvalue weighted by molar-refractivity contribution is 6.33. The Morgan fingerprint density at radius 3 is 2.75 bits per heavy atom. The second-order valence-electron chi connectivity index (χ2n) is 3.38. The van der Waals surface area contributed by atoms with Crippen molar-refractivity contribution < 1.29 is 4.74 Å². The molecule has 2 aromatic rings. The molecule has 0 saturated carbocycles. The summed E-state index contributed by atoms with van der Waals surface area (Å²) in [6.45, 7) is 0. The predicted molar refractivity (Wildman–Crippen MR) is 64.6 cm³/mol. The van der Waals surface area contributed by atoms with Crippen LogP contribution < -0.4 is 10.5 Å². The average molecular weight is 238 g/mol. The van der Waals surface area contributed by atoms with Gasteiger partial charge < -0.3 is 10.5 Å². The minimum atomic E-state index is 0.561. The van der Waals surface area contributed by atoms with Gasteiger partial charge in [-0.1, -0.05) is 17.7 Å². The fourth-order valence-corrected chi connectivity index (χ4v) is 1.84. The van der Waals surface area contributed by atoms with E-state index >= 15 is 0 Å². The van der Waals surface area contributed by atoms with Crippen LogP contribution in [0.3, 0.4) is 0 Å². The molecule has 0 spiro atoms. The van der Waals surface area contributed by atoms with E-state index in [1.807, 2.05) is 12.1 Å². The zero-order valence-electron chi connectivity index (χ0n) is 9.07. The molecule has 2 N–H and O–H groups in total. The lowest BCUT2D eigenvalue weighted by Crippen LogP contribution is -1.98. The number of ether oxygens (including phenoxy) is 1. The van der Waals surface area contributed by atoms with Crippen molar-refractivity contribution in [2.24, 2.45) is 7.05 Å². The summed E-state index contributed by atoms with van der Waals surface area (Å²) in [5, 5.41) is 4.68. The van der Waals surface area contributed by atoms with Gasteiger partial charge in [-0.3, -0.25) is 4.68 Å². The van der Waals surface area contributed by atoms with Gasteiger partial charge in [0.25, 0.3) is 0 Å². The molecular formula is C11H12ClN3O. The SMILES string of the molecule is COc1cccc(Cl)c1-c1cnn(C)c1N. The van der Waals surface area contributed by atoms with Gasteiger partial charge in [0.1, 0.15) is 11.6 Å². The van der Waals surface area contributed by atoms with Gasteiger partial charge in [0.2, 0.25) is 0 Å². The smallest absolute Gasteiger partial charge is 0.129 e. The fourth-order valence-electron chi connectivity index (χ4n) is 1.58. The molecule has 4 nitrogen and oxygen atoms in total. The first-order valence-corrected chi connectivity index (χ1v) is 5.13. The second-order valence-corrected chi connectivity index (χ2v) is 3.79. The third-order valence-corrected chi connectivity index (χ3v) is 2.76. The molecule has 0 radical (unpaired) electrons. The van der Waals surface area contributed by atoms with Gasteiger partial charge in [0.15, 0.2) is 0 Å². The Labute approximate surface area is 98.6 Å². The number of rotatable bonds is 2. The summed E-state index contributed by atoms with van der Waals surface area (Å²) >= 11 is 6.15. The van der Waals surface area contributed by atoms with E-state index in [4.69, 9.17) is 22.1 Å². The fraction of sp³-hybridized carbons (Fsp3) is 0.182. The molecule has 0 amide bonds. The molecule has 16 heavy (non-hydrogen) atoms. The number of nitrogens with two attached hydrogens (primary N) is 1. The highest BCUT2D eigenvalue weighted by atomic mass is 35.5. The molecule has 84 valence electrons. The number of nitrogen functional groups attached to an aromatic ring is 1. The van der Waals surface area contributed by atoms with Crippen LogP contribution in [0, 0.1) is 0 Å². The standard InChI is InChI=1S/C11H12ClN3O/c1-15-11(13)7(6-14-15)10-8(12)4-3-5-9(10)16-2/h3-6H,13H2,1-2H3. The van der Waals surface area contributed by atoms with Crippen molar-refractivity contribution in [1.82, 2.24) is 9.78 Å². The van der Waals surface area contributed by atoms with Crippen LogP contribution in [-0.2, 0) is 7.05 Å². The molecule has 0 atom stereocenters. The summed E-state index contributed by atoms with van der Waals surface area (Å²) in [6, 6.07) is 5.47. The van der Waals surface area contributed by atoms with Gasteiger partial charge in [-0.15, -0.1) is 0 Å². The molecule has 0 saturated heterocycles. The Bertz CT molecular complexity index is 522. The van der Waals surface area contributed by atoms with Crippen molar-refractivity contribution in [1.29, 1.82) is 0 Å². The van der Waals surface area contributed by atoms with E-state index in [0.717, 1.165) is 11.1 Å². The summed E-state index contributed by atoms with van der Waals surface area (Å²) in [7, 11) is 3.38. The summed E-state index contributed by atoms with van der Waals surface area (Å²) in [5.74, 6) is 1.25. The Morgan fingerprint density at radius 2 is 2.19 bits per heavy atom. The van der Waals surface area contributed by atoms with Crippen molar-refractivity contribution in [2.45, 2.75) is 0 Å². The van der Waals surface area contributed by atoms with Crippen molar-refractivity contribution >= 4 is 17.4 Å². The number of methoxy groups -OCH3 is 1. The zero-order valence-corrected chi connectivity index (χ0v) is 9.82. The normalized spacial score (nSPS) is 10.4. The summed E-state index contributed by atoms with van der Waals surface area (Å²) < 4.78 is 6.86. The Morgan fingerprint density at radius 1 is 1.44 bits per heavy atom. The molecule has 0 fully saturated rings. The molecule has 0 aliphatic rings. The van der Waals surface area contributed by atoms with Crippen LogP contribution >= 0.6 is 11.6 Å². The van der Waals surface area contributed by atoms with Crippen LogP contribution in [0.5, 0.6) is 5.75 Å². The van der Waals surface area contributed by atoms with E-state index in [2.05, 4.69) is 5.10 Å². The van der Waals surface area contributed by atoms with Crippen molar-refractivity contribution in [2.75, 3.05) is 12.8 Å². The van der Waals surface area contributed by atoms with Gasteiger partial charge in [-0.05, 0) is 12.1 Å². The lowest BCUT2D eigenvalue weighted by molar-refractivity contribution is 0.416. The first-order valence-electron chi connectivity index (χ1n) is 4.75. The van der Waals surface area contributed by atoms with Gasteiger partial charge in [-0.25, -0.2) is 0 Å². The van der Waals surface area contributed by atoms with Gasteiger partial charge in [0, 0.05) is 18.2 Å². The van der Waals surface area contributed by atoms with Gasteiger partial charge in [-0.2, -0.15) is 5.10 Å². The summed E-state index contributed by atoms with van der Waals surface area (Å²) in [6.07, 6.45) is 1.68. The number of benzene rings is 1. The maximum atomic E-state index is 6.15. The quantitative estimate of drug-likeness (QED) is 0.872. The Balaban J connectivity index is 2.68. The van der Waals surface area contributed by atoms with Crippen molar-refractivity contribution in [3.63, 3.8) is 0 Å². The van der Waals surface area contributed by atoms with Crippen LogP contribution in [0.2, 0.25) is 5.02 Å². The molecule has 1 heterocycles. The lowest BCUT2D eigenvalue weighted by atomic mass is 10.1. The molecule has 0 unspecified atom stereocenters. The number of halogens is 1. The van der Waals surface area contributed by atoms with Gasteiger partial charge in [0.05, 0.1) is 18.3 Å². The second kappa shape index (κ2) is 4.06. The van der Waals surface area contributed by atoms with Crippen LogP contribution in [-0.4, -0.2) is 16.9 Å². The maximum Gasteiger partial charge on any atom is 0.129 e. The average Bonchev–Trinajstić information content (AvgIpc) is 2.60. The molecular weight excluding hydrogens is 226 g/mol. The molecule has 0 aliphatic carbocycles. The molecule has 0 bridgehead atoms. The third kappa shape index (κ3) is 1.61. The highest BCUT2D eigenvalue weighted by Gasteiger charge is 2.15. The Kier molecular flexibility index (Phi) is 2.75. The zero-order chi connectivity index (χ0) is 11.7. The molecule has 1 aromatic carbocycles. The predicted octanol–water partition coefficient (Wildman–Crippen LogP) is 2.33. The number of hydrogen-bond donors (Lipinski definition) is 1. The third-order valence-electron chi connectivity index (χ3n) is 2.45. The summed E-state index contributed by atoms with van der Waals surface area (Å²) in [5.41, 5.74) is 7.47. The topological polar surface area (TPSA) is 53.1 Å². The first kappa shape index (κ1) is 10.8. The molecule has 5 heteroatoms. The number of hydrogen-bond acceptors (Lipinski definition) is 3. The minimum absolute atomic E-state index is 0.561. The number of aryl methyl sites for hydroxylation is 1. The molecule has 1 aromatic heterocycles. The maximum absolute atomic E-state index is 6.15. The van der Waals surface area contributed by atoms with E-state index in [0.29, 0.717) is 16.6 Å². The van der Waals surface area contributed by atoms with Crippen molar-refractivity contribution in [3.05, 3.63) is 29.4 Å². The number of aromatic nitrogens is 2. The van der Waals surface area contributed by atoms with Crippen LogP contribution in [0.4, 0.5) is 5.82 Å². The van der Waals surface area contributed by atoms with Crippen molar-refractivity contribution in [3.8, 4) is 16.9 Å². The number of anilines is 1. The van der Waals surface area contributed by atoms with Crippen LogP contribution in [0.25, 0.3) is 11.1 Å². The highest BCUT2D eigenvalue weighted by Crippen LogP contribution is 2.38.